The lowest BCUT2D eigenvalue weighted by Crippen LogP contribution is -2.25. The van der Waals surface area contributed by atoms with E-state index in [1.54, 1.807) is 0 Å². The van der Waals surface area contributed by atoms with Crippen molar-refractivity contribution in [3.8, 4) is 0 Å². The van der Waals surface area contributed by atoms with Gasteiger partial charge in [0.05, 0.1) is 23.9 Å². The van der Waals surface area contributed by atoms with Gasteiger partial charge in [0.1, 0.15) is 12.1 Å². The van der Waals surface area contributed by atoms with Gasteiger partial charge in [-0.1, -0.05) is 31.9 Å². The monoisotopic (exact) mass is 420 g/mol. The number of hydrogen-bond acceptors (Lipinski definition) is 8. The third-order valence-electron chi connectivity index (χ3n) is 5.57. The van der Waals surface area contributed by atoms with Crippen LogP contribution >= 0.6 is 0 Å². The van der Waals surface area contributed by atoms with Crippen molar-refractivity contribution in [1.82, 2.24) is 14.5 Å². The molecule has 0 amide bonds. The molecule has 162 valence electrons. The van der Waals surface area contributed by atoms with Crippen molar-refractivity contribution in [2.24, 2.45) is 15.4 Å². The van der Waals surface area contributed by atoms with Crippen molar-refractivity contribution in [2.75, 3.05) is 24.2 Å². The van der Waals surface area contributed by atoms with Crippen LogP contribution in [0.3, 0.4) is 0 Å². The normalized spacial score (nSPS) is 14.2. The third-order valence-corrected chi connectivity index (χ3v) is 5.57. The first-order valence-electron chi connectivity index (χ1n) is 10.6. The number of aryl methyl sites for hydroxylation is 1. The summed E-state index contributed by atoms with van der Waals surface area (Å²) in [6.45, 7) is 5.42. The van der Waals surface area contributed by atoms with Crippen molar-refractivity contribution in [2.45, 2.75) is 45.7 Å². The lowest BCUT2D eigenvalue weighted by Gasteiger charge is -2.19. The molecule has 9 nitrogen and oxygen atoms in total. The zero-order valence-corrected chi connectivity index (χ0v) is 17.9. The number of aliphatic hydroxyl groups excluding tert-OH is 1. The summed E-state index contributed by atoms with van der Waals surface area (Å²) in [4.78, 5) is 8.85. The Hall–Kier alpha value is -3.33. The molecule has 1 aliphatic heterocycles. The second-order valence-corrected chi connectivity index (χ2v) is 7.85. The molecule has 3 heterocycles. The lowest BCUT2D eigenvalue weighted by molar-refractivity contribution is 0.267. The molecule has 0 bridgehead atoms. The molecule has 0 saturated carbocycles. The molecule has 0 radical (unpaired) electrons. The minimum atomic E-state index is -0.0845. The number of nitrogen functional groups attached to an aromatic ring is 1. The molecule has 4 rings (SSSR count). The first kappa shape index (κ1) is 20.9. The van der Waals surface area contributed by atoms with E-state index < -0.39 is 0 Å². The molecule has 0 spiro atoms. The number of fused-ring (bicyclic) bond motifs is 1. The van der Waals surface area contributed by atoms with E-state index in [0.717, 1.165) is 47.1 Å². The van der Waals surface area contributed by atoms with Crippen LogP contribution in [0.25, 0.3) is 11.0 Å². The van der Waals surface area contributed by atoms with Gasteiger partial charge in [0.2, 0.25) is 5.95 Å². The van der Waals surface area contributed by atoms with Crippen LogP contribution in [0.2, 0.25) is 0 Å². The van der Waals surface area contributed by atoms with Gasteiger partial charge in [0.25, 0.3) is 0 Å². The standard InChI is InChI=1S/C22H28N8O/c1-3-4-5-17(13-31)25-21-20-18(26-22(23)27-21)8-9-30(20)12-16-10-15(7-6-14(16)2)19-11-24-29-28-19/h6-10,17,31H,3-5,11-13H2,1-2H3,(H3,23,25,26,27)/t17-/m0/s1. The number of aliphatic hydroxyl groups is 1. The van der Waals surface area contributed by atoms with Crippen molar-refractivity contribution in [1.29, 1.82) is 0 Å². The topological polar surface area (TPSA) is 126 Å². The molecule has 0 unspecified atom stereocenters. The predicted molar refractivity (Wildman–Crippen MR) is 123 cm³/mol. The van der Waals surface area contributed by atoms with Crippen LogP contribution < -0.4 is 11.1 Å². The van der Waals surface area contributed by atoms with Gasteiger partial charge in [-0.05, 0) is 41.8 Å². The highest BCUT2D eigenvalue weighted by molar-refractivity contribution is 6.02. The van der Waals surface area contributed by atoms with Gasteiger partial charge in [0.15, 0.2) is 5.82 Å². The first-order chi connectivity index (χ1) is 15.1. The van der Waals surface area contributed by atoms with Crippen molar-refractivity contribution >= 4 is 28.5 Å². The summed E-state index contributed by atoms with van der Waals surface area (Å²) in [6.07, 6.45) is 4.95. The predicted octanol–water partition coefficient (Wildman–Crippen LogP) is 3.50. The number of benzene rings is 1. The summed E-state index contributed by atoms with van der Waals surface area (Å²) in [6, 6.07) is 8.14. The van der Waals surface area contributed by atoms with Crippen LogP contribution in [0.15, 0.2) is 45.9 Å². The van der Waals surface area contributed by atoms with Crippen molar-refractivity contribution < 1.29 is 5.11 Å². The molecule has 2 aromatic heterocycles. The number of hydrogen-bond donors (Lipinski definition) is 3. The maximum absolute atomic E-state index is 9.81. The van der Waals surface area contributed by atoms with E-state index >= 15 is 0 Å². The van der Waals surface area contributed by atoms with Crippen LogP contribution in [0.5, 0.6) is 0 Å². The Morgan fingerprint density at radius 2 is 2.13 bits per heavy atom. The summed E-state index contributed by atoms with van der Waals surface area (Å²) in [5, 5.41) is 25.0. The Morgan fingerprint density at radius 1 is 1.26 bits per heavy atom. The summed E-state index contributed by atoms with van der Waals surface area (Å²) in [7, 11) is 0. The molecule has 0 saturated heterocycles. The second kappa shape index (κ2) is 9.22. The largest absolute Gasteiger partial charge is 0.394 e. The van der Waals surface area contributed by atoms with Gasteiger partial charge >= 0.3 is 0 Å². The van der Waals surface area contributed by atoms with E-state index in [1.807, 2.05) is 12.3 Å². The number of nitrogens with one attached hydrogen (secondary N) is 1. The zero-order chi connectivity index (χ0) is 21.8. The van der Waals surface area contributed by atoms with Gasteiger partial charge in [-0.3, -0.25) is 0 Å². The summed E-state index contributed by atoms with van der Waals surface area (Å²) in [5.41, 5.74) is 11.8. The van der Waals surface area contributed by atoms with Crippen LogP contribution in [0.1, 0.15) is 42.9 Å². The van der Waals surface area contributed by atoms with Crippen LogP contribution in [-0.2, 0) is 6.54 Å². The maximum Gasteiger partial charge on any atom is 0.222 e. The van der Waals surface area contributed by atoms with E-state index in [2.05, 4.69) is 67.3 Å². The van der Waals surface area contributed by atoms with Crippen LogP contribution in [0.4, 0.5) is 11.8 Å². The Labute approximate surface area is 181 Å². The highest BCUT2D eigenvalue weighted by Gasteiger charge is 2.16. The fourth-order valence-electron chi connectivity index (χ4n) is 3.78. The minimum Gasteiger partial charge on any atom is -0.394 e. The summed E-state index contributed by atoms with van der Waals surface area (Å²) >= 11 is 0. The molecule has 0 fully saturated rings. The van der Waals surface area contributed by atoms with Crippen LogP contribution in [-0.4, -0.2) is 44.5 Å². The fourth-order valence-corrected chi connectivity index (χ4v) is 3.78. The molecule has 1 aromatic carbocycles. The molecule has 1 atom stereocenters. The average Bonchev–Trinajstić information content (AvgIpc) is 3.43. The van der Waals surface area contributed by atoms with Gasteiger partial charge in [-0.2, -0.15) is 10.1 Å². The van der Waals surface area contributed by atoms with Crippen molar-refractivity contribution in [3.05, 3.63) is 47.2 Å². The van der Waals surface area contributed by atoms with E-state index in [4.69, 9.17) is 5.73 Å². The smallest absolute Gasteiger partial charge is 0.222 e. The number of rotatable bonds is 9. The Kier molecular flexibility index (Phi) is 6.22. The Balaban J connectivity index is 1.68. The number of nitrogens with two attached hydrogens (primary N) is 1. The first-order valence-corrected chi connectivity index (χ1v) is 10.6. The number of aromatic nitrogens is 3. The van der Waals surface area contributed by atoms with Gasteiger partial charge < -0.3 is 20.7 Å². The van der Waals surface area contributed by atoms with E-state index in [1.165, 1.54) is 5.56 Å². The quantitative estimate of drug-likeness (QED) is 0.488. The number of anilines is 2. The highest BCUT2D eigenvalue weighted by atomic mass is 16.3. The minimum absolute atomic E-state index is 0.0332. The van der Waals surface area contributed by atoms with Gasteiger partial charge in [-0.25, -0.2) is 4.98 Å². The lowest BCUT2D eigenvalue weighted by atomic mass is 10.0. The highest BCUT2D eigenvalue weighted by Crippen LogP contribution is 2.26. The third kappa shape index (κ3) is 4.56. The van der Waals surface area contributed by atoms with Gasteiger partial charge in [0, 0.05) is 18.3 Å². The molecule has 4 N–H and O–H groups in total. The fraction of sp³-hybridized carbons (Fsp3) is 0.409. The Bertz CT molecular complexity index is 1130. The number of nitrogens with zero attached hydrogens (tertiary/aromatic N) is 6. The second-order valence-electron chi connectivity index (χ2n) is 7.85. The zero-order valence-electron chi connectivity index (χ0n) is 17.9. The molecule has 0 aliphatic carbocycles. The van der Waals surface area contributed by atoms with E-state index in [-0.39, 0.29) is 18.6 Å². The molecule has 1 aliphatic rings. The molecule has 3 aromatic rings. The van der Waals surface area contributed by atoms with E-state index in [0.29, 0.717) is 18.9 Å². The average molecular weight is 421 g/mol. The van der Waals surface area contributed by atoms with Crippen LogP contribution in [0, 0.1) is 6.92 Å². The van der Waals surface area contributed by atoms with Gasteiger partial charge in [-0.15, -0.1) is 5.10 Å². The SMILES string of the molecule is CCCC[C@@H](CO)Nc1nc(N)nc2ccn(Cc3cc(C4=NN=NC4)ccc3C)c12. The molecular weight excluding hydrogens is 392 g/mol. The molecule has 9 heteroatoms. The number of unbranched alkanes of at least 4 members (excludes halogenated alkanes) is 1. The van der Waals surface area contributed by atoms with E-state index in [9.17, 15) is 5.11 Å². The summed E-state index contributed by atoms with van der Waals surface area (Å²) in [5.74, 6) is 0.860. The maximum atomic E-state index is 9.81. The van der Waals surface area contributed by atoms with Crippen molar-refractivity contribution in [3.63, 3.8) is 0 Å². The summed E-state index contributed by atoms with van der Waals surface area (Å²) < 4.78 is 2.11. The Morgan fingerprint density at radius 3 is 2.87 bits per heavy atom. The molecule has 31 heavy (non-hydrogen) atoms. The molecular formula is C22H28N8O.